The summed E-state index contributed by atoms with van der Waals surface area (Å²) in [6, 6.07) is 6.11. The van der Waals surface area contributed by atoms with Gasteiger partial charge in [-0.25, -0.2) is 0 Å². The van der Waals surface area contributed by atoms with Gasteiger partial charge >= 0.3 is 0 Å². The van der Waals surface area contributed by atoms with E-state index < -0.39 is 0 Å². The molecular formula is C24H31N3O3. The number of nitrogens with zero attached hydrogens (tertiary/aromatic N) is 1. The van der Waals surface area contributed by atoms with Crippen molar-refractivity contribution >= 4 is 22.7 Å². The van der Waals surface area contributed by atoms with Crippen LogP contribution in [0.25, 0.3) is 10.9 Å². The molecule has 1 aromatic heterocycles. The van der Waals surface area contributed by atoms with Crippen LogP contribution in [-0.2, 0) is 9.53 Å². The third-order valence-corrected chi connectivity index (χ3v) is 6.46. The summed E-state index contributed by atoms with van der Waals surface area (Å²) >= 11 is 0. The summed E-state index contributed by atoms with van der Waals surface area (Å²) in [4.78, 5) is 30.2. The van der Waals surface area contributed by atoms with Gasteiger partial charge in [-0.3, -0.25) is 9.59 Å². The third kappa shape index (κ3) is 4.43. The van der Waals surface area contributed by atoms with Crippen molar-refractivity contribution < 1.29 is 14.3 Å². The van der Waals surface area contributed by atoms with Gasteiger partial charge in [0.05, 0.1) is 12.0 Å². The Kier molecular flexibility index (Phi) is 5.69. The molecule has 0 bridgehead atoms. The lowest BCUT2D eigenvalue weighted by Crippen LogP contribution is -2.38. The first-order chi connectivity index (χ1) is 14.4. The second-order valence-corrected chi connectivity index (χ2v) is 8.74. The fourth-order valence-corrected chi connectivity index (χ4v) is 4.33. The first-order valence-corrected chi connectivity index (χ1v) is 10.8. The number of carbonyl (C=O) groups excluding carboxylic acids is 2. The minimum absolute atomic E-state index is 0.0954. The molecule has 6 heteroatoms. The van der Waals surface area contributed by atoms with E-state index in [9.17, 15) is 9.59 Å². The molecule has 0 unspecified atom stereocenters. The number of aryl methyl sites for hydroxylation is 2. The Bertz CT molecular complexity index is 991. The standard InChI is InChI=1S/C24H31N3O3/c1-16-12-17(2)19-14-21(26-20(19)13-16)23(29)25-9-4-18-5-10-27(11-6-18)22(28)15-24(30-3)7-8-24/h4,12-14,26H,5-11,15H2,1-3H3,(H,25,29). The summed E-state index contributed by atoms with van der Waals surface area (Å²) < 4.78 is 5.47. The number of rotatable bonds is 6. The molecule has 1 aliphatic heterocycles. The zero-order valence-electron chi connectivity index (χ0n) is 18.1. The van der Waals surface area contributed by atoms with Gasteiger partial charge in [0.2, 0.25) is 5.91 Å². The molecule has 1 aromatic carbocycles. The first kappa shape index (κ1) is 20.7. The highest BCUT2D eigenvalue weighted by molar-refractivity contribution is 5.99. The molecule has 2 heterocycles. The van der Waals surface area contributed by atoms with Crippen LogP contribution in [0.1, 0.15) is 53.7 Å². The molecule has 6 nitrogen and oxygen atoms in total. The SMILES string of the molecule is COC1(CC(=O)N2CCC(=CCNC(=O)c3cc4c(C)cc(C)cc4[nH]3)CC2)CC1. The molecule has 2 N–H and O–H groups in total. The van der Waals surface area contributed by atoms with Crippen molar-refractivity contribution in [2.24, 2.45) is 0 Å². The van der Waals surface area contributed by atoms with Crippen molar-refractivity contribution in [2.75, 3.05) is 26.7 Å². The highest BCUT2D eigenvalue weighted by Crippen LogP contribution is 2.42. The molecule has 2 fully saturated rings. The lowest BCUT2D eigenvalue weighted by atomic mass is 10.0. The summed E-state index contributed by atoms with van der Waals surface area (Å²) in [6.07, 6.45) is 6.31. The number of benzene rings is 1. The maximum Gasteiger partial charge on any atom is 0.267 e. The molecule has 0 atom stereocenters. The van der Waals surface area contributed by atoms with Crippen LogP contribution in [0.3, 0.4) is 0 Å². The largest absolute Gasteiger partial charge is 0.378 e. The molecule has 2 amide bonds. The van der Waals surface area contributed by atoms with E-state index in [2.05, 4.69) is 42.4 Å². The van der Waals surface area contributed by atoms with Crippen molar-refractivity contribution in [3.63, 3.8) is 0 Å². The van der Waals surface area contributed by atoms with Crippen LogP contribution in [0.5, 0.6) is 0 Å². The number of H-pyrrole nitrogens is 1. The summed E-state index contributed by atoms with van der Waals surface area (Å²) in [5, 5.41) is 4.06. The van der Waals surface area contributed by atoms with Crippen LogP contribution in [0, 0.1) is 13.8 Å². The Hall–Kier alpha value is -2.60. The lowest BCUT2D eigenvalue weighted by molar-refractivity contribution is -0.134. The summed E-state index contributed by atoms with van der Waals surface area (Å²) in [6.45, 7) is 6.12. The number of amides is 2. The Morgan fingerprint density at radius 2 is 1.93 bits per heavy atom. The van der Waals surface area contributed by atoms with E-state index in [4.69, 9.17) is 4.74 Å². The second kappa shape index (κ2) is 8.26. The summed E-state index contributed by atoms with van der Waals surface area (Å²) in [5.41, 5.74) is 5.05. The number of hydrogen-bond donors (Lipinski definition) is 2. The molecule has 0 radical (unpaired) electrons. The lowest BCUT2D eigenvalue weighted by Gasteiger charge is -2.30. The molecule has 1 saturated carbocycles. The van der Waals surface area contributed by atoms with Gasteiger partial charge in [0.25, 0.3) is 5.91 Å². The predicted molar refractivity (Wildman–Crippen MR) is 118 cm³/mol. The van der Waals surface area contributed by atoms with Crippen LogP contribution in [0.4, 0.5) is 0 Å². The smallest absolute Gasteiger partial charge is 0.267 e. The average Bonchev–Trinajstić information content (AvgIpc) is 3.36. The number of aromatic nitrogens is 1. The van der Waals surface area contributed by atoms with E-state index >= 15 is 0 Å². The molecule has 4 rings (SSSR count). The number of nitrogens with one attached hydrogen (secondary N) is 2. The van der Waals surface area contributed by atoms with Gasteiger partial charge in [0, 0.05) is 37.6 Å². The maximum absolute atomic E-state index is 12.5. The number of piperidine rings is 1. The quantitative estimate of drug-likeness (QED) is 0.716. The van der Waals surface area contributed by atoms with Gasteiger partial charge in [-0.05, 0) is 62.8 Å². The molecule has 0 spiro atoms. The van der Waals surface area contributed by atoms with Gasteiger partial charge < -0.3 is 19.9 Å². The topological polar surface area (TPSA) is 74.4 Å². The van der Waals surface area contributed by atoms with Gasteiger partial charge in [-0.15, -0.1) is 0 Å². The average molecular weight is 410 g/mol. The summed E-state index contributed by atoms with van der Waals surface area (Å²) in [5.74, 6) is 0.105. The fourth-order valence-electron chi connectivity index (χ4n) is 4.33. The third-order valence-electron chi connectivity index (χ3n) is 6.46. The minimum atomic E-state index is -0.183. The molecule has 1 aliphatic carbocycles. The van der Waals surface area contributed by atoms with Gasteiger partial charge in [0.15, 0.2) is 0 Å². The molecule has 1 saturated heterocycles. The van der Waals surface area contributed by atoms with Crippen LogP contribution < -0.4 is 5.32 Å². The van der Waals surface area contributed by atoms with Crippen molar-refractivity contribution in [3.05, 3.63) is 46.7 Å². The number of ether oxygens (including phenoxy) is 1. The van der Waals surface area contributed by atoms with Crippen molar-refractivity contribution in [3.8, 4) is 0 Å². The van der Waals surface area contributed by atoms with Crippen molar-refractivity contribution in [1.82, 2.24) is 15.2 Å². The van der Waals surface area contributed by atoms with Gasteiger partial charge in [0.1, 0.15) is 5.69 Å². The van der Waals surface area contributed by atoms with E-state index in [-0.39, 0.29) is 17.4 Å². The maximum atomic E-state index is 12.5. The predicted octanol–water partition coefficient (Wildman–Crippen LogP) is 3.63. The monoisotopic (exact) mass is 409 g/mol. The normalized spacial score (nSPS) is 17.8. The van der Waals surface area contributed by atoms with E-state index in [0.29, 0.717) is 18.7 Å². The van der Waals surface area contributed by atoms with E-state index in [1.54, 1.807) is 7.11 Å². The minimum Gasteiger partial charge on any atom is -0.378 e. The Morgan fingerprint density at radius 1 is 1.20 bits per heavy atom. The van der Waals surface area contributed by atoms with Crippen LogP contribution >= 0.6 is 0 Å². The molecule has 2 aliphatic rings. The number of methoxy groups -OCH3 is 1. The first-order valence-electron chi connectivity index (χ1n) is 10.8. The molecule has 30 heavy (non-hydrogen) atoms. The molecule has 160 valence electrons. The van der Waals surface area contributed by atoms with Crippen LogP contribution in [-0.4, -0.2) is 54.0 Å². The zero-order chi connectivity index (χ0) is 21.3. The number of likely N-dealkylation sites (tertiary alicyclic amines) is 1. The number of carbonyl (C=O) groups is 2. The van der Waals surface area contributed by atoms with Gasteiger partial charge in [-0.2, -0.15) is 0 Å². The number of aromatic amines is 1. The Balaban J connectivity index is 1.26. The Labute approximate surface area is 177 Å². The highest BCUT2D eigenvalue weighted by atomic mass is 16.5. The fraction of sp³-hybridized carbons (Fsp3) is 0.500. The van der Waals surface area contributed by atoms with Gasteiger partial charge in [-0.1, -0.05) is 17.7 Å². The van der Waals surface area contributed by atoms with Crippen LogP contribution in [0.15, 0.2) is 29.8 Å². The van der Waals surface area contributed by atoms with Crippen molar-refractivity contribution in [2.45, 2.75) is 51.6 Å². The Morgan fingerprint density at radius 3 is 2.60 bits per heavy atom. The highest BCUT2D eigenvalue weighted by Gasteiger charge is 2.45. The molecule has 2 aromatic rings. The summed E-state index contributed by atoms with van der Waals surface area (Å²) in [7, 11) is 1.70. The van der Waals surface area contributed by atoms with Crippen LogP contribution in [0.2, 0.25) is 0 Å². The zero-order valence-corrected chi connectivity index (χ0v) is 18.1. The van der Waals surface area contributed by atoms with E-state index in [0.717, 1.165) is 49.7 Å². The van der Waals surface area contributed by atoms with Crippen molar-refractivity contribution in [1.29, 1.82) is 0 Å². The number of fused-ring (bicyclic) bond motifs is 1. The second-order valence-electron chi connectivity index (χ2n) is 8.74. The van der Waals surface area contributed by atoms with E-state index in [1.807, 2.05) is 11.0 Å². The molecular weight excluding hydrogens is 378 g/mol. The number of hydrogen-bond acceptors (Lipinski definition) is 3. The van der Waals surface area contributed by atoms with E-state index in [1.165, 1.54) is 16.7 Å².